The topological polar surface area (TPSA) is 74.6 Å². The van der Waals surface area contributed by atoms with E-state index >= 15 is 0 Å². The Balaban J connectivity index is -0.000000136. The minimum absolute atomic E-state index is 0. The zero-order chi connectivity index (χ0) is 32.0. The summed E-state index contributed by atoms with van der Waals surface area (Å²) in [6.07, 6.45) is 2.95. The second-order valence-electron chi connectivity index (χ2n) is 7.97. The quantitative estimate of drug-likeness (QED) is 0.204. The molecule has 0 bridgehead atoms. The first-order valence-electron chi connectivity index (χ1n) is 13.6. The van der Waals surface area contributed by atoms with Gasteiger partial charge in [-0.1, -0.05) is 87.9 Å². The molecule has 5 heteroatoms. The van der Waals surface area contributed by atoms with E-state index in [1.807, 2.05) is 67.6 Å². The van der Waals surface area contributed by atoms with Crippen LogP contribution in [0.25, 0.3) is 0 Å². The van der Waals surface area contributed by atoms with Gasteiger partial charge in [-0.05, 0) is 38.3 Å². The first-order valence-corrected chi connectivity index (χ1v) is 13.6. The number of aliphatic hydroxyl groups is 2. The standard InChI is InChI=1S/C13H12.2C6H5.C4H8O.C3H6O.C3H8.2CH4O.U/c1-3-7-12(8-4-1)11-13-9-5-2-6-10-13;2*1-2-4-6-5-3-1;1-3-4(2)5;1-3(2)4;1-3-2;2*1-2;/h1-10H,11H2;2*1-5H;3H2,1-2H3;1-2H3;3H2,1-2H3;2*2H,1H3;/q;2*-1;;;;;;+2. The summed E-state index contributed by atoms with van der Waals surface area (Å²) in [6, 6.07) is 46.1. The van der Waals surface area contributed by atoms with Gasteiger partial charge < -0.3 is 19.8 Å². The molecule has 0 spiro atoms. The number of aliphatic hydroxyl groups excluding tert-OH is 2. The molecule has 0 aromatic heterocycles. The molecule has 2 N–H and O–H groups in total. The number of benzene rings is 4. The summed E-state index contributed by atoms with van der Waals surface area (Å²) < 4.78 is 0. The van der Waals surface area contributed by atoms with Crippen LogP contribution in [0.2, 0.25) is 0 Å². The maximum Gasteiger partial charge on any atom is 2.00 e. The van der Waals surface area contributed by atoms with Crippen molar-refractivity contribution in [2.75, 3.05) is 14.2 Å². The van der Waals surface area contributed by atoms with E-state index in [9.17, 15) is 9.59 Å². The van der Waals surface area contributed by atoms with Gasteiger partial charge in [-0.25, -0.2) is 0 Å². The Kier molecular flexibility index (Phi) is 52.6. The van der Waals surface area contributed by atoms with Crippen molar-refractivity contribution < 1.29 is 50.9 Å². The van der Waals surface area contributed by atoms with Crippen LogP contribution in [0.15, 0.2) is 121 Å². The molecule has 0 unspecified atom stereocenters. The second kappa shape index (κ2) is 45.2. The normalized spacial score (nSPS) is 7.57. The summed E-state index contributed by atoms with van der Waals surface area (Å²) in [6.45, 7) is 10.7. The maximum absolute atomic E-state index is 9.81. The Morgan fingerprint density at radius 2 is 0.762 bits per heavy atom. The molecule has 4 aromatic carbocycles. The number of rotatable bonds is 3. The van der Waals surface area contributed by atoms with Gasteiger partial charge in [-0.15, -0.1) is 0 Å². The molecule has 4 nitrogen and oxygen atoms in total. The number of hydrogen-bond acceptors (Lipinski definition) is 4. The van der Waals surface area contributed by atoms with Gasteiger partial charge in [-0.2, -0.15) is 72.8 Å². The number of hydrogen-bond donors (Lipinski definition) is 2. The summed E-state index contributed by atoms with van der Waals surface area (Å²) in [5.41, 5.74) is 2.74. The predicted molar refractivity (Wildman–Crippen MR) is 176 cm³/mol. The minimum Gasteiger partial charge on any atom is -0.400 e. The Hall–Kier alpha value is -2.81. The summed E-state index contributed by atoms with van der Waals surface area (Å²) in [4.78, 5) is 19.3. The zero-order valence-electron chi connectivity index (χ0n) is 26.9. The first-order chi connectivity index (χ1) is 19.9. The average Bonchev–Trinajstić information content (AvgIpc) is 3.03. The van der Waals surface area contributed by atoms with Crippen molar-refractivity contribution in [1.29, 1.82) is 0 Å². The van der Waals surface area contributed by atoms with E-state index < -0.39 is 0 Å². The Morgan fingerprint density at radius 1 is 0.548 bits per heavy atom. The van der Waals surface area contributed by atoms with Crippen LogP contribution in [0.4, 0.5) is 0 Å². The molecule has 0 fully saturated rings. The molecular formula is C37H52O4U. The summed E-state index contributed by atoms with van der Waals surface area (Å²) >= 11 is 0. The van der Waals surface area contributed by atoms with Gasteiger partial charge in [-0.3, -0.25) is 0 Å². The van der Waals surface area contributed by atoms with Crippen molar-refractivity contribution in [2.24, 2.45) is 0 Å². The first kappa shape index (κ1) is 48.9. The molecule has 0 saturated heterocycles. The van der Waals surface area contributed by atoms with Gasteiger partial charge >= 0.3 is 31.1 Å². The van der Waals surface area contributed by atoms with Gasteiger partial charge in [0.15, 0.2) is 0 Å². The van der Waals surface area contributed by atoms with Crippen LogP contribution in [0.5, 0.6) is 0 Å². The molecule has 4 rings (SSSR count). The molecule has 4 aromatic rings. The van der Waals surface area contributed by atoms with E-state index in [-0.39, 0.29) is 42.7 Å². The summed E-state index contributed by atoms with van der Waals surface area (Å²) in [7, 11) is 2.00. The van der Waals surface area contributed by atoms with Gasteiger partial charge in [0.25, 0.3) is 0 Å². The van der Waals surface area contributed by atoms with Crippen LogP contribution < -0.4 is 0 Å². The van der Waals surface area contributed by atoms with Gasteiger partial charge in [0.1, 0.15) is 11.6 Å². The van der Waals surface area contributed by atoms with Crippen LogP contribution in [0.1, 0.15) is 65.5 Å². The molecule has 0 aliphatic rings. The SMILES string of the molecule is CC(C)=O.CCC.CCC(C)=O.CO.CO.[U+2].[c-]1ccccc1.[c-]1ccccc1.c1ccc(Cc2ccccc2)cc1. The fraction of sp³-hybridized carbons (Fsp3) is 0.297. The molecule has 42 heavy (non-hydrogen) atoms. The number of ketones is 2. The van der Waals surface area contributed by atoms with E-state index in [4.69, 9.17) is 10.2 Å². The van der Waals surface area contributed by atoms with Crippen LogP contribution in [0, 0.1) is 43.2 Å². The number of carbonyl (C=O) groups excluding carboxylic acids is 2. The Bertz CT molecular complexity index is 855. The molecule has 0 aliphatic carbocycles. The van der Waals surface area contributed by atoms with Crippen LogP contribution in [-0.2, 0) is 16.0 Å². The monoisotopic (exact) mass is 798 g/mol. The van der Waals surface area contributed by atoms with Crippen LogP contribution >= 0.6 is 0 Å². The third-order valence-electron chi connectivity index (χ3n) is 3.81. The van der Waals surface area contributed by atoms with Gasteiger partial charge in [0.2, 0.25) is 0 Å². The van der Waals surface area contributed by atoms with Crippen LogP contribution in [0.3, 0.4) is 0 Å². The molecule has 0 radical (unpaired) electrons. The average molecular weight is 799 g/mol. The van der Waals surface area contributed by atoms with Gasteiger partial charge in [0, 0.05) is 20.6 Å². The number of Topliss-reactive ketones (excluding diaryl/α,β-unsaturated/α-hetero) is 2. The molecule has 0 aliphatic heterocycles. The van der Waals surface area contributed by atoms with Gasteiger partial charge in [0.05, 0.1) is 0 Å². The molecule has 0 atom stereocenters. The Morgan fingerprint density at radius 3 is 0.905 bits per heavy atom. The molecule has 0 heterocycles. The summed E-state index contributed by atoms with van der Waals surface area (Å²) in [5, 5.41) is 14.0. The number of carbonyl (C=O) groups is 2. The maximum atomic E-state index is 9.81. The molecule has 228 valence electrons. The van der Waals surface area contributed by atoms with E-state index in [0.717, 1.165) is 20.6 Å². The fourth-order valence-electron chi connectivity index (χ4n) is 2.11. The van der Waals surface area contributed by atoms with E-state index in [1.54, 1.807) is 6.92 Å². The van der Waals surface area contributed by atoms with Crippen molar-refractivity contribution in [1.82, 2.24) is 0 Å². The van der Waals surface area contributed by atoms with Crippen molar-refractivity contribution >= 4 is 11.6 Å². The zero-order valence-corrected chi connectivity index (χ0v) is 31.0. The molecule has 0 amide bonds. The second-order valence-corrected chi connectivity index (χ2v) is 7.97. The third kappa shape index (κ3) is 50.1. The Labute approximate surface area is 280 Å². The largest absolute Gasteiger partial charge is 2.00 e. The molecule has 0 saturated carbocycles. The minimum atomic E-state index is 0. The smallest absolute Gasteiger partial charge is 0.400 e. The van der Waals surface area contributed by atoms with Crippen molar-refractivity contribution in [3.05, 3.63) is 145 Å². The fourth-order valence-corrected chi connectivity index (χ4v) is 2.11. The van der Waals surface area contributed by atoms with E-state index in [0.29, 0.717) is 6.42 Å². The predicted octanol–water partition coefficient (Wildman–Crippen LogP) is 8.46. The van der Waals surface area contributed by atoms with E-state index in [1.165, 1.54) is 31.4 Å². The van der Waals surface area contributed by atoms with Crippen molar-refractivity contribution in [2.45, 2.75) is 60.8 Å². The molecular weight excluding hydrogens is 746 g/mol. The van der Waals surface area contributed by atoms with E-state index in [2.05, 4.69) is 86.6 Å². The van der Waals surface area contributed by atoms with Crippen LogP contribution in [-0.4, -0.2) is 36.0 Å². The third-order valence-corrected chi connectivity index (χ3v) is 3.81. The van der Waals surface area contributed by atoms with Crippen molar-refractivity contribution in [3.8, 4) is 0 Å². The van der Waals surface area contributed by atoms with Crippen molar-refractivity contribution in [3.63, 3.8) is 0 Å². The summed E-state index contributed by atoms with van der Waals surface area (Å²) in [5.74, 6) is 0.421.